The lowest BCUT2D eigenvalue weighted by atomic mass is 10.3. The smallest absolute Gasteiger partial charge is 0.157 e. The van der Waals surface area contributed by atoms with Gasteiger partial charge in [-0.05, 0) is 13.0 Å². The lowest BCUT2D eigenvalue weighted by Gasteiger charge is -2.05. The van der Waals surface area contributed by atoms with Crippen LogP contribution in [0, 0.1) is 0 Å². The van der Waals surface area contributed by atoms with Crippen LogP contribution in [0.3, 0.4) is 0 Å². The summed E-state index contributed by atoms with van der Waals surface area (Å²) in [5.74, 6) is 1.25. The fourth-order valence-corrected chi connectivity index (χ4v) is 1.33. The van der Waals surface area contributed by atoms with Crippen molar-refractivity contribution in [3.05, 3.63) is 36.3 Å². The van der Waals surface area contributed by atoms with Crippen molar-refractivity contribution in [2.75, 3.05) is 5.73 Å². The van der Waals surface area contributed by atoms with Crippen molar-refractivity contribution in [3.8, 4) is 5.75 Å². The molecular formula is C11H14N4O. The molecule has 0 saturated heterocycles. The standard InChI is InChI=1S/C11H14N4O/c1-2-15-7-10(6-14-15)16-8-9-4-3-5-13-11(9)12/h3-7H,2,8H2,1H3,(H2,12,13). The van der Waals surface area contributed by atoms with E-state index in [0.29, 0.717) is 12.4 Å². The van der Waals surface area contributed by atoms with Crippen molar-refractivity contribution in [3.63, 3.8) is 0 Å². The minimum absolute atomic E-state index is 0.412. The van der Waals surface area contributed by atoms with Crippen LogP contribution in [0.2, 0.25) is 0 Å². The average molecular weight is 218 g/mol. The van der Waals surface area contributed by atoms with Gasteiger partial charge >= 0.3 is 0 Å². The highest BCUT2D eigenvalue weighted by molar-refractivity contribution is 5.38. The average Bonchev–Trinajstić information content (AvgIpc) is 2.76. The van der Waals surface area contributed by atoms with Crippen molar-refractivity contribution in [1.82, 2.24) is 14.8 Å². The van der Waals surface area contributed by atoms with E-state index in [0.717, 1.165) is 17.9 Å². The zero-order valence-electron chi connectivity index (χ0n) is 9.13. The van der Waals surface area contributed by atoms with Gasteiger partial charge in [0.25, 0.3) is 0 Å². The van der Waals surface area contributed by atoms with Crippen molar-refractivity contribution in [1.29, 1.82) is 0 Å². The molecule has 0 aliphatic rings. The maximum Gasteiger partial charge on any atom is 0.157 e. The Hall–Kier alpha value is -2.04. The van der Waals surface area contributed by atoms with Gasteiger partial charge in [-0.1, -0.05) is 6.07 Å². The molecule has 0 atom stereocenters. The Labute approximate surface area is 93.9 Å². The third kappa shape index (κ3) is 2.31. The van der Waals surface area contributed by atoms with Gasteiger partial charge in [-0.2, -0.15) is 5.10 Å². The van der Waals surface area contributed by atoms with Gasteiger partial charge in [0, 0.05) is 18.3 Å². The number of nitrogens with two attached hydrogens (primary N) is 1. The van der Waals surface area contributed by atoms with Crippen molar-refractivity contribution in [2.24, 2.45) is 0 Å². The first kappa shape index (κ1) is 10.5. The molecule has 5 heteroatoms. The molecule has 5 nitrogen and oxygen atoms in total. The van der Waals surface area contributed by atoms with Gasteiger partial charge in [0.15, 0.2) is 5.75 Å². The van der Waals surface area contributed by atoms with Crippen LogP contribution >= 0.6 is 0 Å². The molecule has 0 aliphatic carbocycles. The SMILES string of the molecule is CCn1cc(OCc2cccnc2N)cn1. The van der Waals surface area contributed by atoms with Gasteiger partial charge < -0.3 is 10.5 Å². The molecule has 2 aromatic heterocycles. The highest BCUT2D eigenvalue weighted by Gasteiger charge is 2.02. The summed E-state index contributed by atoms with van der Waals surface area (Å²) in [6.45, 7) is 3.27. The number of rotatable bonds is 4. The van der Waals surface area contributed by atoms with Gasteiger partial charge in [-0.15, -0.1) is 0 Å². The monoisotopic (exact) mass is 218 g/mol. The number of nitrogens with zero attached hydrogens (tertiary/aromatic N) is 3. The molecule has 0 radical (unpaired) electrons. The van der Waals surface area contributed by atoms with Crippen LogP contribution < -0.4 is 10.5 Å². The number of aromatic nitrogens is 3. The number of anilines is 1. The molecule has 0 aromatic carbocycles. The molecule has 84 valence electrons. The molecule has 0 spiro atoms. The first-order valence-electron chi connectivity index (χ1n) is 5.14. The molecule has 0 saturated carbocycles. The first-order chi connectivity index (χ1) is 7.79. The van der Waals surface area contributed by atoms with Crippen LogP contribution in [0.5, 0.6) is 5.75 Å². The number of pyridine rings is 1. The third-order valence-corrected chi connectivity index (χ3v) is 2.25. The normalized spacial score (nSPS) is 10.3. The first-order valence-corrected chi connectivity index (χ1v) is 5.14. The number of hydrogen-bond donors (Lipinski definition) is 1. The highest BCUT2D eigenvalue weighted by Crippen LogP contribution is 2.13. The second kappa shape index (κ2) is 4.65. The lowest BCUT2D eigenvalue weighted by molar-refractivity contribution is 0.306. The minimum Gasteiger partial charge on any atom is -0.485 e. The summed E-state index contributed by atoms with van der Waals surface area (Å²) in [6.07, 6.45) is 5.20. The molecule has 2 N–H and O–H groups in total. The van der Waals surface area contributed by atoms with E-state index in [1.807, 2.05) is 29.9 Å². The Balaban J connectivity index is 1.99. The largest absolute Gasteiger partial charge is 0.485 e. The Morgan fingerprint density at radius 1 is 1.50 bits per heavy atom. The Kier molecular flexibility index (Phi) is 3.05. The van der Waals surface area contributed by atoms with Crippen molar-refractivity contribution in [2.45, 2.75) is 20.1 Å². The van der Waals surface area contributed by atoms with Gasteiger partial charge in [-0.3, -0.25) is 4.68 Å². The fourth-order valence-electron chi connectivity index (χ4n) is 1.33. The maximum absolute atomic E-state index is 5.70. The summed E-state index contributed by atoms with van der Waals surface area (Å²) in [4.78, 5) is 3.99. The summed E-state index contributed by atoms with van der Waals surface area (Å²) in [5.41, 5.74) is 6.59. The molecule has 0 unspecified atom stereocenters. The number of ether oxygens (including phenoxy) is 1. The van der Waals surface area contributed by atoms with Gasteiger partial charge in [0.05, 0.1) is 12.4 Å². The Morgan fingerprint density at radius 3 is 3.06 bits per heavy atom. The van der Waals surface area contributed by atoms with Crippen LogP contribution in [-0.2, 0) is 13.2 Å². The Bertz CT molecular complexity index is 467. The number of nitrogen functional groups attached to an aromatic ring is 1. The quantitative estimate of drug-likeness (QED) is 0.843. The van der Waals surface area contributed by atoms with Crippen molar-refractivity contribution < 1.29 is 4.74 Å². The molecule has 0 aliphatic heterocycles. The second-order valence-electron chi connectivity index (χ2n) is 3.37. The zero-order valence-corrected chi connectivity index (χ0v) is 9.13. The zero-order chi connectivity index (χ0) is 11.4. The van der Waals surface area contributed by atoms with E-state index < -0.39 is 0 Å². The molecule has 0 fully saturated rings. The van der Waals surface area contributed by atoms with Crippen LogP contribution in [0.1, 0.15) is 12.5 Å². The van der Waals surface area contributed by atoms with Gasteiger partial charge in [0.1, 0.15) is 12.4 Å². The number of aryl methyl sites for hydroxylation is 1. The Morgan fingerprint density at radius 2 is 2.38 bits per heavy atom. The summed E-state index contributed by atoms with van der Waals surface area (Å²) in [7, 11) is 0. The van der Waals surface area contributed by atoms with E-state index >= 15 is 0 Å². The molecule has 16 heavy (non-hydrogen) atoms. The van der Waals surface area contributed by atoms with E-state index in [1.54, 1.807) is 12.4 Å². The van der Waals surface area contributed by atoms with Crippen LogP contribution in [-0.4, -0.2) is 14.8 Å². The van der Waals surface area contributed by atoms with E-state index in [9.17, 15) is 0 Å². The number of hydrogen-bond acceptors (Lipinski definition) is 4. The molecule has 0 amide bonds. The maximum atomic E-state index is 5.70. The van der Waals surface area contributed by atoms with Crippen LogP contribution in [0.15, 0.2) is 30.7 Å². The predicted molar refractivity (Wildman–Crippen MR) is 60.9 cm³/mol. The van der Waals surface area contributed by atoms with E-state index in [1.165, 1.54) is 0 Å². The minimum atomic E-state index is 0.412. The van der Waals surface area contributed by atoms with Crippen LogP contribution in [0.25, 0.3) is 0 Å². The summed E-state index contributed by atoms with van der Waals surface area (Å²) in [6, 6.07) is 3.73. The van der Waals surface area contributed by atoms with E-state index in [-0.39, 0.29) is 0 Å². The van der Waals surface area contributed by atoms with Crippen LogP contribution in [0.4, 0.5) is 5.82 Å². The molecule has 2 aromatic rings. The van der Waals surface area contributed by atoms with Gasteiger partial charge in [-0.25, -0.2) is 4.98 Å². The molecule has 2 heterocycles. The predicted octanol–water partition coefficient (Wildman–Crippen LogP) is 1.46. The summed E-state index contributed by atoms with van der Waals surface area (Å²) < 4.78 is 7.36. The third-order valence-electron chi connectivity index (χ3n) is 2.25. The molecule has 0 bridgehead atoms. The van der Waals surface area contributed by atoms with E-state index in [4.69, 9.17) is 10.5 Å². The van der Waals surface area contributed by atoms with Crippen molar-refractivity contribution >= 4 is 5.82 Å². The molecule has 2 rings (SSSR count). The van der Waals surface area contributed by atoms with Gasteiger partial charge in [0.2, 0.25) is 0 Å². The molecular weight excluding hydrogens is 204 g/mol. The van der Waals surface area contributed by atoms with E-state index in [2.05, 4.69) is 10.1 Å². The summed E-state index contributed by atoms with van der Waals surface area (Å²) in [5, 5.41) is 4.11. The fraction of sp³-hybridized carbons (Fsp3) is 0.273. The summed E-state index contributed by atoms with van der Waals surface area (Å²) >= 11 is 0. The topological polar surface area (TPSA) is 66.0 Å². The second-order valence-corrected chi connectivity index (χ2v) is 3.37. The highest BCUT2D eigenvalue weighted by atomic mass is 16.5. The lowest BCUT2D eigenvalue weighted by Crippen LogP contribution is -2.01.